The van der Waals surface area contributed by atoms with Crippen molar-refractivity contribution in [3.63, 3.8) is 0 Å². The quantitative estimate of drug-likeness (QED) is 0.783. The highest BCUT2D eigenvalue weighted by molar-refractivity contribution is 5.71. The minimum atomic E-state index is -0.142. The molecule has 2 heteroatoms. The first-order valence-electron chi connectivity index (χ1n) is 7.19. The van der Waals surface area contributed by atoms with Crippen LogP contribution in [0.5, 0.6) is 0 Å². The van der Waals surface area contributed by atoms with E-state index in [4.69, 9.17) is 0 Å². The Kier molecular flexibility index (Phi) is 4.91. The molecule has 0 unspecified atom stereocenters. The van der Waals surface area contributed by atoms with Crippen LogP contribution in [0.15, 0.2) is 36.4 Å². The zero-order chi connectivity index (χ0) is 14.5. The third kappa shape index (κ3) is 3.26. The minimum Gasteiger partial charge on any atom is -0.313 e. The van der Waals surface area contributed by atoms with Gasteiger partial charge >= 0.3 is 0 Å². The average Bonchev–Trinajstić information content (AvgIpc) is 2.44. The van der Waals surface area contributed by atoms with Crippen molar-refractivity contribution in [2.75, 3.05) is 6.54 Å². The van der Waals surface area contributed by atoms with Crippen molar-refractivity contribution >= 4 is 0 Å². The molecule has 0 heterocycles. The number of nitrogens with one attached hydrogen (secondary N) is 1. The Bertz CT molecular complexity index is 590. The first-order chi connectivity index (χ1) is 9.63. The molecule has 0 spiro atoms. The fraction of sp³-hybridized carbons (Fsp3) is 0.333. The fourth-order valence-electron chi connectivity index (χ4n) is 2.38. The summed E-state index contributed by atoms with van der Waals surface area (Å²) < 4.78 is 13.7. The second-order valence-corrected chi connectivity index (χ2v) is 5.24. The van der Waals surface area contributed by atoms with Gasteiger partial charge in [-0.15, -0.1) is 0 Å². The van der Waals surface area contributed by atoms with Gasteiger partial charge in [0.05, 0.1) is 0 Å². The van der Waals surface area contributed by atoms with Crippen LogP contribution in [0.4, 0.5) is 4.39 Å². The van der Waals surface area contributed by atoms with Crippen LogP contribution in [0.1, 0.15) is 30.0 Å². The molecular weight excluding hydrogens is 249 g/mol. The van der Waals surface area contributed by atoms with Crippen LogP contribution in [0.3, 0.4) is 0 Å². The number of rotatable bonds is 5. The molecule has 0 aliphatic carbocycles. The third-order valence-corrected chi connectivity index (χ3v) is 3.62. The standard InChI is InChI=1S/C18H22FN/c1-4-10-20-12-15-9-8-13(2)17(11-15)16-6-5-7-18(19)14(16)3/h5-9,11,20H,4,10,12H2,1-3H3. The Morgan fingerprint density at radius 1 is 1.05 bits per heavy atom. The van der Waals surface area contributed by atoms with Gasteiger partial charge in [0.15, 0.2) is 0 Å². The summed E-state index contributed by atoms with van der Waals surface area (Å²) in [5.41, 5.74) is 5.24. The Hall–Kier alpha value is -1.67. The van der Waals surface area contributed by atoms with Gasteiger partial charge in [-0.25, -0.2) is 4.39 Å². The molecule has 2 rings (SSSR count). The Morgan fingerprint density at radius 3 is 2.60 bits per heavy atom. The molecule has 0 radical (unpaired) electrons. The molecule has 0 atom stereocenters. The van der Waals surface area contributed by atoms with Gasteiger partial charge in [-0.3, -0.25) is 0 Å². The largest absolute Gasteiger partial charge is 0.313 e. The highest BCUT2D eigenvalue weighted by Crippen LogP contribution is 2.28. The lowest BCUT2D eigenvalue weighted by Gasteiger charge is -2.12. The van der Waals surface area contributed by atoms with Gasteiger partial charge in [0.2, 0.25) is 0 Å². The Labute approximate surface area is 120 Å². The van der Waals surface area contributed by atoms with Gasteiger partial charge in [0.25, 0.3) is 0 Å². The topological polar surface area (TPSA) is 12.0 Å². The van der Waals surface area contributed by atoms with Crippen molar-refractivity contribution in [2.24, 2.45) is 0 Å². The SMILES string of the molecule is CCCNCc1ccc(C)c(-c2cccc(F)c2C)c1. The number of halogens is 1. The van der Waals surface area contributed by atoms with Gasteiger partial charge in [-0.2, -0.15) is 0 Å². The maximum atomic E-state index is 13.7. The van der Waals surface area contributed by atoms with Crippen LogP contribution in [-0.4, -0.2) is 6.54 Å². The molecule has 0 fully saturated rings. The van der Waals surface area contributed by atoms with Crippen molar-refractivity contribution < 1.29 is 4.39 Å². The molecule has 0 saturated heterocycles. The van der Waals surface area contributed by atoms with E-state index in [1.165, 1.54) is 17.2 Å². The van der Waals surface area contributed by atoms with E-state index in [9.17, 15) is 4.39 Å². The Morgan fingerprint density at radius 2 is 1.85 bits per heavy atom. The van der Waals surface area contributed by atoms with Crippen LogP contribution in [-0.2, 0) is 6.54 Å². The summed E-state index contributed by atoms with van der Waals surface area (Å²) in [4.78, 5) is 0. The molecule has 0 amide bonds. The summed E-state index contributed by atoms with van der Waals surface area (Å²) in [6, 6.07) is 11.7. The second-order valence-electron chi connectivity index (χ2n) is 5.24. The van der Waals surface area contributed by atoms with Crippen LogP contribution in [0.2, 0.25) is 0 Å². The average molecular weight is 271 g/mol. The predicted molar refractivity (Wildman–Crippen MR) is 83.3 cm³/mol. The number of aryl methyl sites for hydroxylation is 1. The summed E-state index contributed by atoms with van der Waals surface area (Å²) in [6.07, 6.45) is 1.13. The lowest BCUT2D eigenvalue weighted by Crippen LogP contribution is -2.13. The monoisotopic (exact) mass is 271 g/mol. The molecule has 0 aliphatic heterocycles. The van der Waals surface area contributed by atoms with Crippen molar-refractivity contribution in [2.45, 2.75) is 33.7 Å². The van der Waals surface area contributed by atoms with Gasteiger partial charge in [-0.1, -0.05) is 31.2 Å². The van der Waals surface area contributed by atoms with Crippen LogP contribution in [0.25, 0.3) is 11.1 Å². The highest BCUT2D eigenvalue weighted by Gasteiger charge is 2.09. The van der Waals surface area contributed by atoms with Crippen LogP contribution < -0.4 is 5.32 Å². The summed E-state index contributed by atoms with van der Waals surface area (Å²) in [6.45, 7) is 7.94. The third-order valence-electron chi connectivity index (χ3n) is 3.62. The molecule has 0 saturated carbocycles. The summed E-state index contributed by atoms with van der Waals surface area (Å²) in [7, 11) is 0. The zero-order valence-corrected chi connectivity index (χ0v) is 12.5. The summed E-state index contributed by atoms with van der Waals surface area (Å²) >= 11 is 0. The van der Waals surface area contributed by atoms with E-state index in [1.54, 1.807) is 6.07 Å². The van der Waals surface area contributed by atoms with Crippen molar-refractivity contribution in [3.8, 4) is 11.1 Å². The lowest BCUT2D eigenvalue weighted by molar-refractivity contribution is 0.619. The smallest absolute Gasteiger partial charge is 0.126 e. The molecule has 0 aromatic heterocycles. The molecular formula is C18H22FN. The first kappa shape index (κ1) is 14.7. The van der Waals surface area contributed by atoms with Gasteiger partial charge in [0, 0.05) is 6.54 Å². The number of benzene rings is 2. The summed E-state index contributed by atoms with van der Waals surface area (Å²) in [5, 5.41) is 3.40. The van der Waals surface area contributed by atoms with Gasteiger partial charge in [0.1, 0.15) is 5.82 Å². The van der Waals surface area contributed by atoms with E-state index in [-0.39, 0.29) is 5.82 Å². The van der Waals surface area contributed by atoms with E-state index in [0.717, 1.165) is 30.6 Å². The summed E-state index contributed by atoms with van der Waals surface area (Å²) in [5.74, 6) is -0.142. The second kappa shape index (κ2) is 6.67. The Balaban J connectivity index is 2.35. The molecule has 0 aliphatic rings. The molecule has 1 nitrogen and oxygen atoms in total. The molecule has 0 bridgehead atoms. The van der Waals surface area contributed by atoms with Crippen molar-refractivity contribution in [3.05, 3.63) is 58.9 Å². The molecule has 2 aromatic carbocycles. The normalized spacial score (nSPS) is 10.8. The van der Waals surface area contributed by atoms with Crippen molar-refractivity contribution in [1.29, 1.82) is 0 Å². The van der Waals surface area contributed by atoms with Gasteiger partial charge in [-0.05, 0) is 66.8 Å². The van der Waals surface area contributed by atoms with Gasteiger partial charge < -0.3 is 5.32 Å². The minimum absolute atomic E-state index is 0.142. The molecule has 2 aromatic rings. The fourth-order valence-corrected chi connectivity index (χ4v) is 2.38. The lowest BCUT2D eigenvalue weighted by atomic mass is 9.94. The van der Waals surface area contributed by atoms with E-state index < -0.39 is 0 Å². The van der Waals surface area contributed by atoms with E-state index >= 15 is 0 Å². The predicted octanol–water partition coefficient (Wildman–Crippen LogP) is 4.61. The van der Waals surface area contributed by atoms with Crippen molar-refractivity contribution in [1.82, 2.24) is 5.32 Å². The maximum Gasteiger partial charge on any atom is 0.126 e. The first-order valence-corrected chi connectivity index (χ1v) is 7.19. The van der Waals surface area contributed by atoms with Crippen LogP contribution >= 0.6 is 0 Å². The molecule has 106 valence electrons. The van der Waals surface area contributed by atoms with E-state index in [2.05, 4.69) is 37.4 Å². The molecule has 1 N–H and O–H groups in total. The van der Waals surface area contributed by atoms with Crippen LogP contribution in [0, 0.1) is 19.7 Å². The maximum absolute atomic E-state index is 13.7. The zero-order valence-electron chi connectivity index (χ0n) is 12.5. The molecule has 20 heavy (non-hydrogen) atoms. The number of hydrogen-bond acceptors (Lipinski definition) is 1. The van der Waals surface area contributed by atoms with E-state index in [0.29, 0.717) is 5.56 Å². The highest BCUT2D eigenvalue weighted by atomic mass is 19.1. The number of hydrogen-bond donors (Lipinski definition) is 1. The van der Waals surface area contributed by atoms with E-state index in [1.807, 2.05) is 13.0 Å².